The lowest BCUT2D eigenvalue weighted by Gasteiger charge is -1.80. The van der Waals surface area contributed by atoms with Gasteiger partial charge in [-0.25, -0.2) is 4.39 Å². The van der Waals surface area contributed by atoms with Crippen molar-refractivity contribution in [3.63, 3.8) is 0 Å². The van der Waals surface area contributed by atoms with Gasteiger partial charge in [-0.15, -0.1) is 0 Å². The molecule has 7 heavy (non-hydrogen) atoms. The van der Waals surface area contributed by atoms with Crippen LogP contribution in [0, 0.1) is 11.8 Å². The normalized spacial score (nSPS) is 11.9. The molecule has 0 aliphatic heterocycles. The first kappa shape index (κ1) is 7.22. The molecule has 0 heterocycles. The fourth-order valence-electron chi connectivity index (χ4n) is 0.179. The van der Waals surface area contributed by atoms with Gasteiger partial charge < -0.3 is 0 Å². The highest BCUT2D eigenvalue weighted by molar-refractivity contribution is 14.1. The summed E-state index contributed by atoms with van der Waals surface area (Å²) >= 11 is 2.13. The van der Waals surface area contributed by atoms with Crippen LogP contribution in [0.1, 0.15) is 6.92 Å². The Hall–Kier alpha value is 0.220. The monoisotopic (exact) mass is 212 g/mol. The molecule has 0 spiro atoms. The number of halogens is 2. The van der Waals surface area contributed by atoms with Crippen molar-refractivity contribution in [2.45, 2.75) is 10.8 Å². The lowest BCUT2D eigenvalue weighted by atomic mass is 10.5. The Bertz CT molecular complexity index is 88.0. The molecule has 40 valence electrons. The minimum atomic E-state index is -0.520. The molecule has 0 aromatic carbocycles. The van der Waals surface area contributed by atoms with Gasteiger partial charge in [0.25, 0.3) is 0 Å². The standard InChI is InChI=1S/C5H6FI/c1-5(7)3-2-4-6/h5H,4H2,1H3. The number of hydrogen-bond acceptors (Lipinski definition) is 0. The van der Waals surface area contributed by atoms with Crippen molar-refractivity contribution in [3.8, 4) is 11.8 Å². The summed E-state index contributed by atoms with van der Waals surface area (Å²) in [5.74, 6) is 4.98. The highest BCUT2D eigenvalue weighted by Crippen LogP contribution is 1.93. The maximum absolute atomic E-state index is 11.2. The zero-order valence-electron chi connectivity index (χ0n) is 4.04. The Labute approximate surface area is 56.6 Å². The van der Waals surface area contributed by atoms with E-state index in [1.165, 1.54) is 0 Å². The van der Waals surface area contributed by atoms with Gasteiger partial charge >= 0.3 is 0 Å². The molecule has 0 saturated heterocycles. The summed E-state index contributed by atoms with van der Waals surface area (Å²) in [6.45, 7) is 1.40. The van der Waals surface area contributed by atoms with E-state index in [9.17, 15) is 4.39 Å². The van der Waals surface area contributed by atoms with Crippen molar-refractivity contribution in [1.29, 1.82) is 0 Å². The summed E-state index contributed by atoms with van der Waals surface area (Å²) < 4.78 is 11.4. The molecule has 0 nitrogen and oxygen atoms in total. The molecule has 0 amide bonds. The summed E-state index contributed by atoms with van der Waals surface area (Å²) in [5, 5.41) is 0. The van der Waals surface area contributed by atoms with Crippen molar-refractivity contribution in [2.75, 3.05) is 6.67 Å². The van der Waals surface area contributed by atoms with Crippen LogP contribution in [0.4, 0.5) is 4.39 Å². The van der Waals surface area contributed by atoms with Gasteiger partial charge in [0, 0.05) is 0 Å². The summed E-state index contributed by atoms with van der Waals surface area (Å²) in [6.07, 6.45) is 0. The number of hydrogen-bond donors (Lipinski definition) is 0. The molecule has 0 aromatic rings. The van der Waals surface area contributed by atoms with Crippen molar-refractivity contribution in [2.24, 2.45) is 0 Å². The van der Waals surface area contributed by atoms with Crippen LogP contribution in [-0.2, 0) is 0 Å². The van der Waals surface area contributed by atoms with Crippen molar-refractivity contribution >= 4 is 22.6 Å². The zero-order valence-corrected chi connectivity index (χ0v) is 6.20. The van der Waals surface area contributed by atoms with E-state index in [4.69, 9.17) is 0 Å². The fraction of sp³-hybridized carbons (Fsp3) is 0.600. The quantitative estimate of drug-likeness (QED) is 0.326. The molecule has 1 unspecified atom stereocenters. The summed E-state index contributed by atoms with van der Waals surface area (Å²) in [5.41, 5.74) is 0. The van der Waals surface area contributed by atoms with Gasteiger partial charge in [-0.3, -0.25) is 0 Å². The number of rotatable bonds is 0. The van der Waals surface area contributed by atoms with E-state index in [-0.39, 0.29) is 3.92 Å². The zero-order chi connectivity index (χ0) is 5.70. The van der Waals surface area contributed by atoms with Crippen LogP contribution in [0.3, 0.4) is 0 Å². The van der Waals surface area contributed by atoms with E-state index in [1.807, 2.05) is 6.92 Å². The van der Waals surface area contributed by atoms with E-state index in [0.29, 0.717) is 0 Å². The third-order valence-electron chi connectivity index (χ3n) is 0.368. The topological polar surface area (TPSA) is 0 Å². The van der Waals surface area contributed by atoms with Crippen LogP contribution >= 0.6 is 22.6 Å². The first-order valence-corrected chi connectivity index (χ1v) is 3.20. The van der Waals surface area contributed by atoms with Crippen LogP contribution in [0.25, 0.3) is 0 Å². The maximum Gasteiger partial charge on any atom is 0.150 e. The van der Waals surface area contributed by atoms with Crippen LogP contribution in [0.5, 0.6) is 0 Å². The van der Waals surface area contributed by atoms with Gasteiger partial charge in [0.15, 0.2) is 0 Å². The molecule has 0 radical (unpaired) electrons. The molecule has 0 aromatic heterocycles. The molecule has 1 atom stereocenters. The first-order valence-electron chi connectivity index (χ1n) is 1.96. The Kier molecular flexibility index (Phi) is 4.52. The van der Waals surface area contributed by atoms with E-state index >= 15 is 0 Å². The van der Waals surface area contributed by atoms with Gasteiger partial charge in [-0.1, -0.05) is 34.4 Å². The number of alkyl halides is 2. The molecule has 0 aliphatic rings. The fourth-order valence-corrected chi connectivity index (χ4v) is 0.399. The lowest BCUT2D eigenvalue weighted by Crippen LogP contribution is -1.79. The van der Waals surface area contributed by atoms with Gasteiger partial charge in [0.05, 0.1) is 3.92 Å². The second-order valence-electron chi connectivity index (χ2n) is 1.07. The summed E-state index contributed by atoms with van der Waals surface area (Å²) in [4.78, 5) is 0. The first-order chi connectivity index (χ1) is 3.27. The van der Waals surface area contributed by atoms with E-state index in [1.54, 1.807) is 0 Å². The Morgan fingerprint density at radius 3 is 2.57 bits per heavy atom. The van der Waals surface area contributed by atoms with Crippen LogP contribution in [0.2, 0.25) is 0 Å². The average molecular weight is 212 g/mol. The largest absolute Gasteiger partial charge is 0.237 e. The predicted molar refractivity (Wildman–Crippen MR) is 37.2 cm³/mol. The van der Waals surface area contributed by atoms with Crippen LogP contribution in [0.15, 0.2) is 0 Å². The van der Waals surface area contributed by atoms with Gasteiger partial charge in [-0.05, 0) is 6.92 Å². The second-order valence-corrected chi connectivity index (χ2v) is 2.94. The summed E-state index contributed by atoms with van der Waals surface area (Å²) in [6, 6.07) is 0. The van der Waals surface area contributed by atoms with Crippen molar-refractivity contribution in [3.05, 3.63) is 0 Å². The predicted octanol–water partition coefficient (Wildman–Crippen LogP) is 1.78. The van der Waals surface area contributed by atoms with Crippen LogP contribution < -0.4 is 0 Å². The molecule has 0 rings (SSSR count). The molecule has 0 bridgehead atoms. The minimum absolute atomic E-state index is 0.272. The minimum Gasteiger partial charge on any atom is -0.237 e. The van der Waals surface area contributed by atoms with Crippen LogP contribution in [-0.4, -0.2) is 10.6 Å². The smallest absolute Gasteiger partial charge is 0.150 e. The Morgan fingerprint density at radius 2 is 2.43 bits per heavy atom. The molecule has 0 aliphatic carbocycles. The second kappa shape index (κ2) is 4.38. The van der Waals surface area contributed by atoms with Crippen molar-refractivity contribution < 1.29 is 4.39 Å². The van der Waals surface area contributed by atoms with Gasteiger partial charge in [0.1, 0.15) is 6.67 Å². The molecule has 0 N–H and O–H groups in total. The maximum atomic E-state index is 11.2. The van der Waals surface area contributed by atoms with Crippen molar-refractivity contribution in [1.82, 2.24) is 0 Å². The molecule has 2 heteroatoms. The third-order valence-corrected chi connectivity index (χ3v) is 0.679. The Morgan fingerprint density at radius 1 is 1.86 bits per heavy atom. The van der Waals surface area contributed by atoms with E-state index in [2.05, 4.69) is 34.4 Å². The lowest BCUT2D eigenvalue weighted by molar-refractivity contribution is 0.573. The molecule has 0 fully saturated rings. The van der Waals surface area contributed by atoms with Gasteiger partial charge in [0.2, 0.25) is 0 Å². The summed E-state index contributed by atoms with van der Waals surface area (Å²) in [7, 11) is 0. The van der Waals surface area contributed by atoms with E-state index < -0.39 is 6.67 Å². The highest BCUT2D eigenvalue weighted by Gasteiger charge is 1.80. The highest BCUT2D eigenvalue weighted by atomic mass is 127. The molecule has 0 saturated carbocycles. The molecular weight excluding hydrogens is 206 g/mol. The third kappa shape index (κ3) is 6.22. The average Bonchev–Trinajstić information content (AvgIpc) is 1.61. The molecular formula is C5H6FI. The van der Waals surface area contributed by atoms with Gasteiger partial charge in [-0.2, -0.15) is 0 Å². The van der Waals surface area contributed by atoms with E-state index in [0.717, 1.165) is 0 Å². The SMILES string of the molecule is CC(I)C#CCF. The Balaban J connectivity index is 3.24.